The Morgan fingerprint density at radius 3 is 2.07 bits per heavy atom. The zero-order valence-electron chi connectivity index (χ0n) is 8.33. The summed E-state index contributed by atoms with van der Waals surface area (Å²) in [7, 11) is 0. The van der Waals surface area contributed by atoms with Gasteiger partial charge in [-0.15, -0.1) is 0 Å². The molecular weight excluding hydrogens is 188 g/mol. The minimum atomic E-state index is 0. The van der Waals surface area contributed by atoms with E-state index >= 15 is 0 Å². The molecule has 0 spiro atoms. The molecule has 1 aliphatic heterocycles. The van der Waals surface area contributed by atoms with Gasteiger partial charge in [0.25, 0.3) is 0 Å². The van der Waals surface area contributed by atoms with Gasteiger partial charge in [0.05, 0.1) is 0 Å². The van der Waals surface area contributed by atoms with Crippen LogP contribution in [0.1, 0.15) is 34.6 Å². The van der Waals surface area contributed by atoms with Crippen molar-refractivity contribution in [3.63, 3.8) is 0 Å². The summed E-state index contributed by atoms with van der Waals surface area (Å²) < 4.78 is 0. The fourth-order valence-electron chi connectivity index (χ4n) is 1.87. The lowest BCUT2D eigenvalue weighted by Crippen LogP contribution is -2.48. The van der Waals surface area contributed by atoms with E-state index in [0.717, 1.165) is 45.6 Å². The van der Waals surface area contributed by atoms with E-state index < -0.39 is 0 Å². The Labute approximate surface area is 94.4 Å². The van der Waals surface area contributed by atoms with Crippen LogP contribution >= 0.6 is 0 Å². The Bertz CT molecular complexity index is 194. The second-order valence-corrected chi connectivity index (χ2v) is 4.03. The predicted octanol–water partition coefficient (Wildman–Crippen LogP) is 1.83. The van der Waals surface area contributed by atoms with E-state index in [4.69, 9.17) is 0 Å². The molecule has 0 radical (unpaired) electrons. The summed E-state index contributed by atoms with van der Waals surface area (Å²) in [5, 5.41) is 0. The monoisotopic (exact) mass is 214 g/mol. The van der Waals surface area contributed by atoms with Crippen LogP contribution in [0.25, 0.3) is 0 Å². The van der Waals surface area contributed by atoms with Gasteiger partial charge in [-0.25, -0.2) is 0 Å². The third kappa shape index (κ3) is 3.49. The molecule has 1 saturated carbocycles. The van der Waals surface area contributed by atoms with Crippen molar-refractivity contribution in [3.05, 3.63) is 0 Å². The van der Waals surface area contributed by atoms with Crippen LogP contribution in [0.15, 0.2) is 0 Å². The standard InChI is InChI=1S/C10H18N2O.2CH4/c1-2-11-5-7-12(8-6-11)10(13)9-3-4-9;;/h9H,2-8H2,1H3;2*1H4. The minimum absolute atomic E-state index is 0. The molecule has 0 atom stereocenters. The Balaban J connectivity index is 0.000000980. The Kier molecular flexibility index (Phi) is 5.88. The lowest BCUT2D eigenvalue weighted by Gasteiger charge is -2.34. The van der Waals surface area contributed by atoms with Crippen LogP contribution in [0, 0.1) is 5.92 Å². The van der Waals surface area contributed by atoms with E-state index in [-0.39, 0.29) is 14.9 Å². The Morgan fingerprint density at radius 1 is 1.13 bits per heavy atom. The van der Waals surface area contributed by atoms with Crippen molar-refractivity contribution in [1.29, 1.82) is 0 Å². The molecular formula is C12H26N2O. The molecule has 1 heterocycles. The maximum atomic E-state index is 11.7. The van der Waals surface area contributed by atoms with Crippen molar-refractivity contribution in [2.75, 3.05) is 32.7 Å². The SMILES string of the molecule is C.C.CCN1CCN(C(=O)C2CC2)CC1. The molecule has 2 fully saturated rings. The van der Waals surface area contributed by atoms with Crippen LogP contribution in [-0.4, -0.2) is 48.4 Å². The van der Waals surface area contributed by atoms with E-state index in [0.29, 0.717) is 11.8 Å². The second kappa shape index (κ2) is 6.11. The van der Waals surface area contributed by atoms with Crippen molar-refractivity contribution in [1.82, 2.24) is 9.80 Å². The minimum Gasteiger partial charge on any atom is -0.340 e. The number of carbonyl (C=O) groups is 1. The summed E-state index contributed by atoms with van der Waals surface area (Å²) in [5.41, 5.74) is 0. The normalized spacial score (nSPS) is 21.5. The Morgan fingerprint density at radius 2 is 1.67 bits per heavy atom. The number of hydrogen-bond acceptors (Lipinski definition) is 2. The van der Waals surface area contributed by atoms with E-state index in [9.17, 15) is 4.79 Å². The number of nitrogens with zero attached hydrogens (tertiary/aromatic N) is 2. The van der Waals surface area contributed by atoms with E-state index in [1.165, 1.54) is 0 Å². The average Bonchev–Trinajstić information content (AvgIpc) is 3.00. The van der Waals surface area contributed by atoms with Crippen molar-refractivity contribution >= 4 is 5.91 Å². The average molecular weight is 214 g/mol. The number of amides is 1. The highest BCUT2D eigenvalue weighted by Gasteiger charge is 2.34. The molecule has 2 aliphatic rings. The summed E-state index contributed by atoms with van der Waals surface area (Å²) in [4.78, 5) is 16.1. The maximum Gasteiger partial charge on any atom is 0.225 e. The fraction of sp³-hybridized carbons (Fsp3) is 0.917. The molecule has 15 heavy (non-hydrogen) atoms. The summed E-state index contributed by atoms with van der Waals surface area (Å²) in [5.74, 6) is 0.809. The number of rotatable bonds is 2. The highest BCUT2D eigenvalue weighted by atomic mass is 16.2. The third-order valence-electron chi connectivity index (χ3n) is 3.06. The van der Waals surface area contributed by atoms with Gasteiger partial charge in [0.2, 0.25) is 5.91 Å². The van der Waals surface area contributed by atoms with Gasteiger partial charge in [-0.1, -0.05) is 21.8 Å². The predicted molar refractivity (Wildman–Crippen MR) is 64.9 cm³/mol. The van der Waals surface area contributed by atoms with Crippen LogP contribution in [0.5, 0.6) is 0 Å². The van der Waals surface area contributed by atoms with Crippen LogP contribution in [-0.2, 0) is 4.79 Å². The first-order valence-electron chi connectivity index (χ1n) is 5.32. The zero-order chi connectivity index (χ0) is 9.26. The second-order valence-electron chi connectivity index (χ2n) is 4.03. The Hall–Kier alpha value is -0.570. The molecule has 0 unspecified atom stereocenters. The van der Waals surface area contributed by atoms with Gasteiger partial charge in [-0.2, -0.15) is 0 Å². The molecule has 3 heteroatoms. The van der Waals surface area contributed by atoms with Gasteiger partial charge in [-0.05, 0) is 19.4 Å². The first-order chi connectivity index (χ1) is 6.31. The van der Waals surface area contributed by atoms with Crippen LogP contribution < -0.4 is 0 Å². The molecule has 0 aromatic heterocycles. The quantitative estimate of drug-likeness (QED) is 0.700. The molecule has 1 aliphatic carbocycles. The van der Waals surface area contributed by atoms with Crippen molar-refractivity contribution in [2.24, 2.45) is 5.92 Å². The van der Waals surface area contributed by atoms with Gasteiger partial charge in [0.1, 0.15) is 0 Å². The van der Waals surface area contributed by atoms with Gasteiger partial charge in [0, 0.05) is 32.1 Å². The lowest BCUT2D eigenvalue weighted by molar-refractivity contribution is -0.134. The maximum absolute atomic E-state index is 11.7. The molecule has 0 N–H and O–H groups in total. The van der Waals surface area contributed by atoms with Gasteiger partial charge < -0.3 is 9.80 Å². The van der Waals surface area contributed by atoms with E-state index in [1.807, 2.05) is 4.90 Å². The number of piperazine rings is 1. The largest absolute Gasteiger partial charge is 0.340 e. The zero-order valence-corrected chi connectivity index (χ0v) is 8.33. The van der Waals surface area contributed by atoms with Crippen LogP contribution in [0.2, 0.25) is 0 Å². The third-order valence-corrected chi connectivity index (χ3v) is 3.06. The van der Waals surface area contributed by atoms with Crippen LogP contribution in [0.3, 0.4) is 0 Å². The number of likely N-dealkylation sites (N-methyl/N-ethyl adjacent to an activating group) is 1. The molecule has 3 nitrogen and oxygen atoms in total. The van der Waals surface area contributed by atoms with E-state index in [1.54, 1.807) is 0 Å². The highest BCUT2D eigenvalue weighted by molar-refractivity contribution is 5.81. The van der Waals surface area contributed by atoms with E-state index in [2.05, 4.69) is 11.8 Å². The fourth-order valence-corrected chi connectivity index (χ4v) is 1.87. The molecule has 1 amide bonds. The van der Waals surface area contributed by atoms with Crippen molar-refractivity contribution in [2.45, 2.75) is 34.6 Å². The molecule has 0 aromatic rings. The summed E-state index contributed by atoms with van der Waals surface area (Å²) in [6.45, 7) is 7.32. The lowest BCUT2D eigenvalue weighted by atomic mass is 10.2. The summed E-state index contributed by atoms with van der Waals surface area (Å²) in [6, 6.07) is 0. The highest BCUT2D eigenvalue weighted by Crippen LogP contribution is 2.31. The molecule has 2 rings (SSSR count). The van der Waals surface area contributed by atoms with Crippen molar-refractivity contribution < 1.29 is 4.79 Å². The topological polar surface area (TPSA) is 23.6 Å². The van der Waals surface area contributed by atoms with Gasteiger partial charge in [-0.3, -0.25) is 4.79 Å². The van der Waals surface area contributed by atoms with Crippen LogP contribution in [0.4, 0.5) is 0 Å². The molecule has 90 valence electrons. The first-order valence-corrected chi connectivity index (χ1v) is 5.32. The van der Waals surface area contributed by atoms with Gasteiger partial charge >= 0.3 is 0 Å². The number of carbonyl (C=O) groups excluding carboxylic acids is 1. The van der Waals surface area contributed by atoms with Crippen molar-refractivity contribution in [3.8, 4) is 0 Å². The summed E-state index contributed by atoms with van der Waals surface area (Å²) >= 11 is 0. The summed E-state index contributed by atoms with van der Waals surface area (Å²) in [6.07, 6.45) is 2.26. The van der Waals surface area contributed by atoms with Gasteiger partial charge in [0.15, 0.2) is 0 Å². The first kappa shape index (κ1) is 14.4. The number of hydrogen-bond donors (Lipinski definition) is 0. The molecule has 0 aromatic carbocycles. The molecule has 0 bridgehead atoms. The molecule has 1 saturated heterocycles. The smallest absolute Gasteiger partial charge is 0.225 e.